The number of hydrogen-bond acceptors (Lipinski definition) is 8. The summed E-state index contributed by atoms with van der Waals surface area (Å²) >= 11 is 8.47. The highest BCUT2D eigenvalue weighted by atomic mass is 35.5. The fraction of sp³-hybridized carbons (Fsp3) is 0.316. The fourth-order valence-corrected chi connectivity index (χ4v) is 4.43. The molecule has 0 bridgehead atoms. The number of aromatic nitrogens is 3. The number of H-pyrrole nitrogens is 1. The molecule has 3 aromatic heterocycles. The van der Waals surface area contributed by atoms with Crippen LogP contribution in [-0.2, 0) is 20.1 Å². The van der Waals surface area contributed by atoms with E-state index in [9.17, 15) is 14.4 Å². The Morgan fingerprint density at radius 3 is 2.83 bits per heavy atom. The van der Waals surface area contributed by atoms with E-state index >= 15 is 0 Å². The number of aryl methyl sites for hydroxylation is 2. The van der Waals surface area contributed by atoms with Crippen LogP contribution < -0.4 is 10.9 Å². The van der Waals surface area contributed by atoms with Crippen molar-refractivity contribution in [3.05, 3.63) is 50.0 Å². The number of hydrogen-bond donors (Lipinski definition) is 2. The van der Waals surface area contributed by atoms with Gasteiger partial charge in [0.2, 0.25) is 0 Å². The summed E-state index contributed by atoms with van der Waals surface area (Å²) in [4.78, 5) is 49.3. The highest BCUT2D eigenvalue weighted by Crippen LogP contribution is 2.26. The Balaban J connectivity index is 1.51. The molecule has 8 nitrogen and oxygen atoms in total. The zero-order chi connectivity index (χ0) is 21.8. The molecule has 158 valence electrons. The van der Waals surface area contributed by atoms with Crippen molar-refractivity contribution < 1.29 is 14.3 Å². The third-order valence-electron chi connectivity index (χ3n) is 4.23. The number of fused-ring (bicyclic) bond motifs is 1. The third kappa shape index (κ3) is 5.38. The van der Waals surface area contributed by atoms with Gasteiger partial charge in [0.1, 0.15) is 21.7 Å². The lowest BCUT2D eigenvalue weighted by Crippen LogP contribution is -2.25. The van der Waals surface area contributed by atoms with E-state index in [0.717, 1.165) is 10.4 Å². The Hall–Kier alpha value is -2.43. The first kappa shape index (κ1) is 22.3. The molecule has 0 aliphatic heterocycles. The van der Waals surface area contributed by atoms with E-state index in [1.807, 2.05) is 13.8 Å². The molecule has 1 atom stereocenters. The smallest absolute Gasteiger partial charge is 0.319 e. The summed E-state index contributed by atoms with van der Waals surface area (Å²) in [5, 5.41) is 3.03. The van der Waals surface area contributed by atoms with Gasteiger partial charge in [0.25, 0.3) is 11.5 Å². The maximum atomic E-state index is 12.3. The minimum absolute atomic E-state index is 0.180. The maximum Gasteiger partial charge on any atom is 0.319 e. The number of thioether (sulfide) groups is 1. The number of anilines is 1. The van der Waals surface area contributed by atoms with Gasteiger partial charge in [-0.25, -0.2) is 9.97 Å². The Morgan fingerprint density at radius 1 is 1.37 bits per heavy atom. The van der Waals surface area contributed by atoms with Gasteiger partial charge in [0.15, 0.2) is 6.61 Å². The van der Waals surface area contributed by atoms with Gasteiger partial charge in [0.05, 0.1) is 16.2 Å². The van der Waals surface area contributed by atoms with Crippen LogP contribution in [0, 0.1) is 13.8 Å². The molecule has 0 aromatic carbocycles. The number of aromatic amines is 1. The van der Waals surface area contributed by atoms with Crippen molar-refractivity contribution >= 4 is 62.6 Å². The van der Waals surface area contributed by atoms with Crippen molar-refractivity contribution in [2.24, 2.45) is 0 Å². The first-order valence-electron chi connectivity index (χ1n) is 8.93. The van der Waals surface area contributed by atoms with Crippen LogP contribution in [-0.4, -0.2) is 38.7 Å². The summed E-state index contributed by atoms with van der Waals surface area (Å²) in [7, 11) is 0. The van der Waals surface area contributed by atoms with Crippen LogP contribution in [0.3, 0.4) is 0 Å². The summed E-state index contributed by atoms with van der Waals surface area (Å²) < 4.78 is 5.05. The van der Waals surface area contributed by atoms with Crippen molar-refractivity contribution in [2.75, 3.05) is 11.9 Å². The largest absolute Gasteiger partial charge is 0.455 e. The van der Waals surface area contributed by atoms with Crippen molar-refractivity contribution in [3.63, 3.8) is 0 Å². The predicted molar refractivity (Wildman–Crippen MR) is 119 cm³/mol. The summed E-state index contributed by atoms with van der Waals surface area (Å²) in [6.45, 7) is 5.09. The zero-order valence-electron chi connectivity index (χ0n) is 16.4. The number of carbonyl (C=O) groups excluding carboxylic acids is 2. The van der Waals surface area contributed by atoms with Crippen LogP contribution >= 0.6 is 34.7 Å². The first-order valence-corrected chi connectivity index (χ1v) is 11.2. The first-order chi connectivity index (χ1) is 14.2. The Morgan fingerprint density at radius 2 is 2.13 bits per heavy atom. The quantitative estimate of drug-likeness (QED) is 0.512. The second-order valence-corrected chi connectivity index (χ2v) is 9.42. The molecule has 3 heterocycles. The minimum Gasteiger partial charge on any atom is -0.455 e. The van der Waals surface area contributed by atoms with Gasteiger partial charge in [-0.2, -0.15) is 0 Å². The molecule has 0 fully saturated rings. The molecule has 2 N–H and O–H groups in total. The molecule has 3 rings (SSSR count). The van der Waals surface area contributed by atoms with Gasteiger partial charge in [-0.15, -0.1) is 23.1 Å². The Bertz CT molecular complexity index is 1140. The molecule has 0 saturated heterocycles. The Labute approximate surface area is 185 Å². The van der Waals surface area contributed by atoms with Crippen LogP contribution in [0.1, 0.15) is 23.2 Å². The highest BCUT2D eigenvalue weighted by Gasteiger charge is 2.18. The lowest BCUT2D eigenvalue weighted by molar-refractivity contribution is -0.146. The third-order valence-corrected chi connectivity index (χ3v) is 6.69. The summed E-state index contributed by atoms with van der Waals surface area (Å²) in [5.41, 5.74) is 0.757. The predicted octanol–water partition coefficient (Wildman–Crippen LogP) is 3.45. The molecular formula is C19H19ClN4O4S2. The van der Waals surface area contributed by atoms with Gasteiger partial charge in [-0.3, -0.25) is 14.4 Å². The zero-order valence-corrected chi connectivity index (χ0v) is 18.8. The molecule has 0 spiro atoms. The number of nitrogens with zero attached hydrogens (tertiary/aromatic N) is 2. The van der Waals surface area contributed by atoms with Crippen molar-refractivity contribution in [2.45, 2.75) is 31.8 Å². The lowest BCUT2D eigenvalue weighted by atomic mass is 10.2. The van der Waals surface area contributed by atoms with Crippen LogP contribution in [0.4, 0.5) is 5.82 Å². The lowest BCUT2D eigenvalue weighted by Gasteiger charge is -2.11. The number of halogens is 1. The molecular weight excluding hydrogens is 448 g/mol. The molecule has 1 amide bonds. The SMILES string of the molecule is Cc1sc2nc(CS[C@H](C)C(=O)OCC(=O)Nc3ccc(Cl)cn3)[nH]c(=O)c2c1C. The molecule has 11 heteroatoms. The number of ether oxygens (including phenoxy) is 1. The molecule has 0 aliphatic carbocycles. The molecule has 0 aliphatic rings. The summed E-state index contributed by atoms with van der Waals surface area (Å²) in [6, 6.07) is 3.13. The van der Waals surface area contributed by atoms with Crippen molar-refractivity contribution in [1.82, 2.24) is 15.0 Å². The van der Waals surface area contributed by atoms with Crippen molar-refractivity contribution in [3.8, 4) is 0 Å². The number of pyridine rings is 1. The minimum atomic E-state index is -0.542. The number of rotatable bonds is 7. The van der Waals surface area contributed by atoms with E-state index in [0.29, 0.717) is 32.6 Å². The van der Waals surface area contributed by atoms with Crippen molar-refractivity contribution in [1.29, 1.82) is 0 Å². The van der Waals surface area contributed by atoms with E-state index in [1.54, 1.807) is 19.1 Å². The Kier molecular flexibility index (Phi) is 7.11. The molecule has 0 saturated carbocycles. The van der Waals surface area contributed by atoms with E-state index in [4.69, 9.17) is 16.3 Å². The second-order valence-electron chi connectivity index (χ2n) is 6.45. The van der Waals surface area contributed by atoms with E-state index in [2.05, 4.69) is 20.3 Å². The summed E-state index contributed by atoms with van der Waals surface area (Å²) in [5.74, 6) is 0.0937. The fourth-order valence-electron chi connectivity index (χ4n) is 2.52. The number of amides is 1. The highest BCUT2D eigenvalue weighted by molar-refractivity contribution is 7.99. The summed E-state index contributed by atoms with van der Waals surface area (Å²) in [6.07, 6.45) is 1.40. The average molecular weight is 467 g/mol. The van der Waals surface area contributed by atoms with Gasteiger partial charge in [0, 0.05) is 11.1 Å². The van der Waals surface area contributed by atoms with Gasteiger partial charge in [-0.1, -0.05) is 11.6 Å². The van der Waals surface area contributed by atoms with Gasteiger partial charge in [-0.05, 0) is 38.5 Å². The number of esters is 1. The number of carbonyl (C=O) groups is 2. The van der Waals surface area contributed by atoms with Gasteiger partial charge < -0.3 is 15.0 Å². The number of thiophene rings is 1. The topological polar surface area (TPSA) is 114 Å². The van der Waals surface area contributed by atoms with Crippen LogP contribution in [0.2, 0.25) is 5.02 Å². The van der Waals surface area contributed by atoms with E-state index < -0.39 is 23.7 Å². The van der Waals surface area contributed by atoms with Gasteiger partial charge >= 0.3 is 5.97 Å². The molecule has 30 heavy (non-hydrogen) atoms. The van der Waals surface area contributed by atoms with Crippen LogP contribution in [0.5, 0.6) is 0 Å². The second kappa shape index (κ2) is 9.59. The molecule has 0 unspecified atom stereocenters. The standard InChI is InChI=1S/C19H19ClN4O4S2/c1-9-10(2)30-18-16(9)17(26)23-14(24-18)8-29-11(3)19(27)28-7-15(25)22-13-5-4-12(20)6-21-13/h4-6,11H,7-8H2,1-3H3,(H,21,22,25)(H,23,24,26)/t11-/m1/s1. The maximum absolute atomic E-state index is 12.3. The monoisotopic (exact) mass is 466 g/mol. The number of nitrogens with one attached hydrogen (secondary N) is 2. The molecule has 0 radical (unpaired) electrons. The van der Waals surface area contributed by atoms with E-state index in [-0.39, 0.29) is 5.56 Å². The van der Waals surface area contributed by atoms with Crippen LogP contribution in [0.25, 0.3) is 10.2 Å². The normalized spacial score (nSPS) is 12.0. The average Bonchev–Trinajstić information content (AvgIpc) is 3.00. The van der Waals surface area contributed by atoms with Crippen LogP contribution in [0.15, 0.2) is 23.1 Å². The van der Waals surface area contributed by atoms with E-state index in [1.165, 1.54) is 29.3 Å². The molecule has 3 aromatic rings.